The van der Waals surface area contributed by atoms with Crippen molar-refractivity contribution in [3.63, 3.8) is 0 Å². The highest BCUT2D eigenvalue weighted by Crippen LogP contribution is 2.24. The van der Waals surface area contributed by atoms with Gasteiger partial charge in [0.05, 0.1) is 6.04 Å². The highest BCUT2D eigenvalue weighted by atomic mass is 19.3. The fourth-order valence-corrected chi connectivity index (χ4v) is 1.54. The van der Waals surface area contributed by atoms with Gasteiger partial charge in [-0.2, -0.15) is 13.8 Å². The predicted octanol–water partition coefficient (Wildman–Crippen LogP) is 1.40. The summed E-state index contributed by atoms with van der Waals surface area (Å²) in [5.41, 5.74) is 1.96. The van der Waals surface area contributed by atoms with Gasteiger partial charge in [0.15, 0.2) is 5.78 Å². The first kappa shape index (κ1) is 11.5. The minimum atomic E-state index is -2.62. The average molecular weight is 206 g/mol. The number of rotatable bonds is 2. The number of hydrazine groups is 1. The van der Waals surface area contributed by atoms with Gasteiger partial charge in [-0.15, -0.1) is 0 Å². The quantitative estimate of drug-likeness (QED) is 0.693. The summed E-state index contributed by atoms with van der Waals surface area (Å²) in [5.74, 6) is -0.136. The van der Waals surface area contributed by atoms with Gasteiger partial charge in [0, 0.05) is 12.0 Å². The van der Waals surface area contributed by atoms with Gasteiger partial charge in [0.1, 0.15) is 0 Å². The summed E-state index contributed by atoms with van der Waals surface area (Å²) in [6.45, 7) is 3.07. The van der Waals surface area contributed by atoms with Crippen molar-refractivity contribution in [2.75, 3.05) is 6.54 Å². The molecule has 1 fully saturated rings. The van der Waals surface area contributed by atoms with Gasteiger partial charge in [-0.05, 0) is 6.42 Å². The molecule has 0 aromatic rings. The molecule has 0 aromatic carbocycles. The van der Waals surface area contributed by atoms with Crippen LogP contribution >= 0.6 is 0 Å². The molecule has 0 aliphatic carbocycles. The molecular weight excluding hydrogens is 190 g/mol. The lowest BCUT2D eigenvalue weighted by Crippen LogP contribution is -2.48. The number of nitrogens with one attached hydrogen (secondary N) is 1. The first-order valence-electron chi connectivity index (χ1n) is 4.68. The molecule has 0 bridgehead atoms. The molecule has 1 N–H and O–H groups in total. The number of hydrogen-bond donors (Lipinski definition) is 1. The maximum absolute atomic E-state index is 12.4. The molecular formula is C9H16F2N2O. The second kappa shape index (κ2) is 3.90. The summed E-state index contributed by atoms with van der Waals surface area (Å²) >= 11 is 0. The van der Waals surface area contributed by atoms with Crippen molar-refractivity contribution in [2.45, 2.75) is 39.8 Å². The van der Waals surface area contributed by atoms with E-state index in [0.717, 1.165) is 5.01 Å². The van der Waals surface area contributed by atoms with E-state index in [1.54, 1.807) is 20.8 Å². The Kier molecular flexibility index (Phi) is 3.21. The van der Waals surface area contributed by atoms with Crippen LogP contribution in [0.15, 0.2) is 0 Å². The summed E-state index contributed by atoms with van der Waals surface area (Å²) in [7, 11) is 0. The third kappa shape index (κ3) is 2.27. The fourth-order valence-electron chi connectivity index (χ4n) is 1.54. The number of nitrogens with zero attached hydrogens (tertiary/aromatic N) is 1. The Bertz CT molecular complexity index is 225. The zero-order valence-electron chi connectivity index (χ0n) is 8.68. The Morgan fingerprint density at radius 2 is 2.07 bits per heavy atom. The van der Waals surface area contributed by atoms with E-state index in [4.69, 9.17) is 0 Å². The molecule has 0 amide bonds. The lowest BCUT2D eigenvalue weighted by molar-refractivity contribution is -0.140. The summed E-state index contributed by atoms with van der Waals surface area (Å²) in [6, 6.07) is -0.685. The molecule has 0 radical (unpaired) electrons. The smallest absolute Gasteiger partial charge is 0.297 e. The Hall–Kier alpha value is -0.550. The van der Waals surface area contributed by atoms with Gasteiger partial charge in [-0.1, -0.05) is 20.8 Å². The summed E-state index contributed by atoms with van der Waals surface area (Å²) < 4.78 is 24.9. The summed E-state index contributed by atoms with van der Waals surface area (Å²) in [4.78, 5) is 11.8. The van der Waals surface area contributed by atoms with Crippen molar-refractivity contribution in [3.05, 3.63) is 0 Å². The van der Waals surface area contributed by atoms with Crippen molar-refractivity contribution in [1.82, 2.24) is 10.4 Å². The van der Waals surface area contributed by atoms with Crippen LogP contribution in [-0.2, 0) is 4.79 Å². The van der Waals surface area contributed by atoms with Crippen LogP contribution in [0.25, 0.3) is 0 Å². The van der Waals surface area contributed by atoms with E-state index in [1.807, 2.05) is 0 Å². The SMILES string of the molecule is CC(C)(C)C(=O)C1CCNN1C(F)F. The Balaban J connectivity index is 2.72. The molecule has 1 aliphatic heterocycles. The molecule has 1 rings (SSSR count). The molecule has 0 spiro atoms. The number of hydrogen-bond acceptors (Lipinski definition) is 3. The lowest BCUT2D eigenvalue weighted by Gasteiger charge is -2.27. The van der Waals surface area contributed by atoms with E-state index in [-0.39, 0.29) is 5.78 Å². The molecule has 1 saturated heterocycles. The van der Waals surface area contributed by atoms with Crippen LogP contribution in [0.5, 0.6) is 0 Å². The highest BCUT2D eigenvalue weighted by Gasteiger charge is 2.40. The summed E-state index contributed by atoms with van der Waals surface area (Å²) in [6.07, 6.45) is 0.459. The van der Waals surface area contributed by atoms with E-state index in [2.05, 4.69) is 5.43 Å². The van der Waals surface area contributed by atoms with Gasteiger partial charge < -0.3 is 0 Å². The van der Waals surface area contributed by atoms with E-state index in [9.17, 15) is 13.6 Å². The normalized spacial score (nSPS) is 24.6. The molecule has 14 heavy (non-hydrogen) atoms. The number of Topliss-reactive ketones (excluding diaryl/α,β-unsaturated/α-hetero) is 1. The largest absolute Gasteiger partial charge is 0.307 e. The third-order valence-electron chi connectivity index (χ3n) is 2.30. The van der Waals surface area contributed by atoms with Crippen molar-refractivity contribution in [2.24, 2.45) is 5.41 Å². The standard InChI is InChI=1S/C9H16F2N2O/c1-9(2,3)7(14)6-4-5-12-13(6)8(10)11/h6,8,12H,4-5H2,1-3H3. The van der Waals surface area contributed by atoms with Gasteiger partial charge in [0.2, 0.25) is 0 Å². The van der Waals surface area contributed by atoms with Crippen LogP contribution < -0.4 is 5.43 Å². The summed E-state index contributed by atoms with van der Waals surface area (Å²) in [5, 5.41) is 0.758. The van der Waals surface area contributed by atoms with Crippen LogP contribution in [0.1, 0.15) is 27.2 Å². The third-order valence-corrected chi connectivity index (χ3v) is 2.30. The number of ketones is 1. The Morgan fingerprint density at radius 1 is 1.50 bits per heavy atom. The molecule has 3 nitrogen and oxygen atoms in total. The topological polar surface area (TPSA) is 32.3 Å². The number of halogens is 2. The van der Waals surface area contributed by atoms with Gasteiger partial charge in [-0.3, -0.25) is 4.79 Å². The van der Waals surface area contributed by atoms with Crippen molar-refractivity contribution >= 4 is 5.78 Å². The van der Waals surface area contributed by atoms with Gasteiger partial charge in [0.25, 0.3) is 0 Å². The van der Waals surface area contributed by atoms with Crippen molar-refractivity contribution < 1.29 is 13.6 Å². The number of carbonyl (C=O) groups is 1. The second-order valence-corrected chi connectivity index (χ2v) is 4.51. The lowest BCUT2D eigenvalue weighted by atomic mass is 9.85. The van der Waals surface area contributed by atoms with Crippen LogP contribution in [0, 0.1) is 5.41 Å². The fraction of sp³-hybridized carbons (Fsp3) is 0.889. The van der Waals surface area contributed by atoms with E-state index in [0.29, 0.717) is 13.0 Å². The van der Waals surface area contributed by atoms with Crippen LogP contribution in [-0.4, -0.2) is 29.9 Å². The minimum Gasteiger partial charge on any atom is -0.297 e. The Morgan fingerprint density at radius 3 is 2.50 bits per heavy atom. The molecule has 5 heteroatoms. The van der Waals surface area contributed by atoms with Gasteiger partial charge in [-0.25, -0.2) is 5.43 Å². The zero-order chi connectivity index (χ0) is 10.9. The van der Waals surface area contributed by atoms with Crippen molar-refractivity contribution in [3.8, 4) is 0 Å². The maximum atomic E-state index is 12.4. The van der Waals surface area contributed by atoms with Gasteiger partial charge >= 0.3 is 6.55 Å². The number of alkyl halides is 2. The number of carbonyl (C=O) groups excluding carboxylic acids is 1. The van der Waals surface area contributed by atoms with Crippen molar-refractivity contribution in [1.29, 1.82) is 0 Å². The van der Waals surface area contributed by atoms with Crippen LogP contribution in [0.2, 0.25) is 0 Å². The minimum absolute atomic E-state index is 0.136. The first-order valence-corrected chi connectivity index (χ1v) is 4.68. The molecule has 1 heterocycles. The zero-order valence-corrected chi connectivity index (χ0v) is 8.68. The Labute approximate surface area is 82.4 Å². The monoisotopic (exact) mass is 206 g/mol. The molecule has 1 unspecified atom stereocenters. The molecule has 82 valence electrons. The average Bonchev–Trinajstić information content (AvgIpc) is 2.48. The molecule has 0 saturated carbocycles. The van der Waals surface area contributed by atoms with Crippen LogP contribution in [0.4, 0.5) is 8.78 Å². The second-order valence-electron chi connectivity index (χ2n) is 4.51. The molecule has 0 aromatic heterocycles. The van der Waals surface area contributed by atoms with Crippen LogP contribution in [0.3, 0.4) is 0 Å². The van der Waals surface area contributed by atoms with E-state index in [1.165, 1.54) is 0 Å². The molecule has 1 aliphatic rings. The van der Waals surface area contributed by atoms with E-state index >= 15 is 0 Å². The maximum Gasteiger partial charge on any atom is 0.307 e. The van der Waals surface area contributed by atoms with E-state index < -0.39 is 18.0 Å². The predicted molar refractivity (Wildman–Crippen MR) is 48.7 cm³/mol. The molecule has 1 atom stereocenters. The highest BCUT2D eigenvalue weighted by molar-refractivity contribution is 5.88. The first-order chi connectivity index (χ1) is 6.34.